The second kappa shape index (κ2) is 7.42. The third-order valence-corrected chi connectivity index (χ3v) is 4.80. The number of nitrogens with one attached hydrogen (secondary N) is 2. The molecule has 3 aromatic rings. The van der Waals surface area contributed by atoms with Gasteiger partial charge in [0.1, 0.15) is 0 Å². The van der Waals surface area contributed by atoms with Crippen LogP contribution in [0.1, 0.15) is 57.4 Å². The van der Waals surface area contributed by atoms with E-state index in [0.29, 0.717) is 22.5 Å². The number of aryl methyl sites for hydroxylation is 3. The normalized spacial score (nSPS) is 11.1. The van der Waals surface area contributed by atoms with Crippen molar-refractivity contribution in [1.82, 2.24) is 20.1 Å². The Kier molecular flexibility index (Phi) is 5.18. The Morgan fingerprint density at radius 2 is 1.82 bits per heavy atom. The molecule has 2 heterocycles. The van der Waals surface area contributed by atoms with Gasteiger partial charge in [0, 0.05) is 31.0 Å². The Morgan fingerprint density at radius 3 is 2.46 bits per heavy atom. The largest absolute Gasteiger partial charge is 0.355 e. The predicted octanol–water partition coefficient (Wildman–Crippen LogP) is 3.32. The van der Waals surface area contributed by atoms with Crippen molar-refractivity contribution in [2.45, 2.75) is 33.6 Å². The van der Waals surface area contributed by atoms with Gasteiger partial charge < -0.3 is 10.6 Å². The molecule has 0 aliphatic rings. The number of anilines is 1. The highest BCUT2D eigenvalue weighted by Crippen LogP contribution is 2.26. The first-order chi connectivity index (χ1) is 13.2. The molecule has 0 radical (unpaired) electrons. The third kappa shape index (κ3) is 3.47. The van der Waals surface area contributed by atoms with Crippen LogP contribution in [0.25, 0.3) is 11.0 Å². The molecule has 0 atom stereocenters. The number of benzene rings is 1. The van der Waals surface area contributed by atoms with Crippen molar-refractivity contribution in [3.8, 4) is 0 Å². The standard InChI is InChI=1S/C21H25N5O2/c1-11(2)16-10-15(18-13(4)25-26(6)19(18)23-16)21(28)24-17-9-14(20(27)22-5)8-7-12(17)3/h7-11H,1-6H3,(H,22,27)(H,24,28). The molecular weight excluding hydrogens is 354 g/mol. The fourth-order valence-corrected chi connectivity index (χ4v) is 3.17. The van der Waals surface area contributed by atoms with Crippen molar-refractivity contribution in [1.29, 1.82) is 0 Å². The average molecular weight is 379 g/mol. The van der Waals surface area contributed by atoms with Gasteiger partial charge in [0.05, 0.1) is 16.6 Å². The number of nitrogens with zero attached hydrogens (tertiary/aromatic N) is 3. The summed E-state index contributed by atoms with van der Waals surface area (Å²) in [5, 5.41) is 10.7. The van der Waals surface area contributed by atoms with Crippen LogP contribution in [0.3, 0.4) is 0 Å². The van der Waals surface area contributed by atoms with Crippen LogP contribution in [-0.2, 0) is 7.05 Å². The molecule has 0 aliphatic heterocycles. The highest BCUT2D eigenvalue weighted by Gasteiger charge is 2.20. The molecule has 0 bridgehead atoms. The summed E-state index contributed by atoms with van der Waals surface area (Å²) in [5.74, 6) is -0.279. The summed E-state index contributed by atoms with van der Waals surface area (Å²) in [5.41, 5.74) is 4.76. The first-order valence-electron chi connectivity index (χ1n) is 9.21. The maximum absolute atomic E-state index is 13.2. The minimum atomic E-state index is -0.248. The number of carbonyl (C=O) groups is 2. The molecule has 0 aliphatic carbocycles. The van der Waals surface area contributed by atoms with E-state index < -0.39 is 0 Å². The minimum Gasteiger partial charge on any atom is -0.355 e. The summed E-state index contributed by atoms with van der Waals surface area (Å²) in [6.45, 7) is 7.83. The van der Waals surface area contributed by atoms with Crippen molar-refractivity contribution in [2.24, 2.45) is 7.05 Å². The maximum atomic E-state index is 13.2. The Hall–Kier alpha value is -3.22. The first kappa shape index (κ1) is 19.5. The number of rotatable bonds is 4. The molecule has 2 N–H and O–H groups in total. The van der Waals surface area contributed by atoms with Crippen LogP contribution in [0.5, 0.6) is 0 Å². The topological polar surface area (TPSA) is 88.9 Å². The molecular formula is C21H25N5O2. The monoisotopic (exact) mass is 379 g/mol. The van der Waals surface area contributed by atoms with Crippen LogP contribution in [0.2, 0.25) is 0 Å². The number of carbonyl (C=O) groups excluding carboxylic acids is 2. The number of pyridine rings is 1. The third-order valence-electron chi connectivity index (χ3n) is 4.80. The van der Waals surface area contributed by atoms with E-state index in [4.69, 9.17) is 0 Å². The van der Waals surface area contributed by atoms with Gasteiger partial charge in [-0.2, -0.15) is 5.10 Å². The predicted molar refractivity (Wildman–Crippen MR) is 110 cm³/mol. The second-order valence-corrected chi connectivity index (χ2v) is 7.22. The highest BCUT2D eigenvalue weighted by molar-refractivity contribution is 6.13. The smallest absolute Gasteiger partial charge is 0.256 e. The number of hydrogen-bond acceptors (Lipinski definition) is 4. The maximum Gasteiger partial charge on any atom is 0.256 e. The van der Waals surface area contributed by atoms with Gasteiger partial charge in [-0.25, -0.2) is 4.98 Å². The quantitative estimate of drug-likeness (QED) is 0.728. The van der Waals surface area contributed by atoms with Crippen molar-refractivity contribution in [3.63, 3.8) is 0 Å². The number of amides is 2. The van der Waals surface area contributed by atoms with Crippen LogP contribution in [0.4, 0.5) is 5.69 Å². The van der Waals surface area contributed by atoms with Crippen LogP contribution in [-0.4, -0.2) is 33.6 Å². The van der Waals surface area contributed by atoms with E-state index in [0.717, 1.165) is 22.3 Å². The Balaban J connectivity index is 2.08. The Bertz CT molecular complexity index is 1080. The van der Waals surface area contributed by atoms with E-state index in [2.05, 4.69) is 20.7 Å². The molecule has 28 heavy (non-hydrogen) atoms. The van der Waals surface area contributed by atoms with Gasteiger partial charge in [-0.15, -0.1) is 0 Å². The van der Waals surface area contributed by atoms with Crippen molar-refractivity contribution in [3.05, 3.63) is 52.3 Å². The molecule has 0 unspecified atom stereocenters. The molecule has 1 aromatic carbocycles. The molecule has 0 spiro atoms. The van der Waals surface area contributed by atoms with Gasteiger partial charge in [0.15, 0.2) is 5.65 Å². The van der Waals surface area contributed by atoms with E-state index in [-0.39, 0.29) is 17.7 Å². The summed E-state index contributed by atoms with van der Waals surface area (Å²) in [6.07, 6.45) is 0. The van der Waals surface area contributed by atoms with E-state index in [9.17, 15) is 9.59 Å². The van der Waals surface area contributed by atoms with Crippen molar-refractivity contribution >= 4 is 28.5 Å². The summed E-state index contributed by atoms with van der Waals surface area (Å²) in [6, 6.07) is 7.06. The van der Waals surface area contributed by atoms with Crippen molar-refractivity contribution < 1.29 is 9.59 Å². The van der Waals surface area contributed by atoms with E-state index in [1.165, 1.54) is 0 Å². The number of hydrogen-bond donors (Lipinski definition) is 2. The molecule has 2 aromatic heterocycles. The average Bonchev–Trinajstić information content (AvgIpc) is 2.96. The first-order valence-corrected chi connectivity index (χ1v) is 9.21. The second-order valence-electron chi connectivity index (χ2n) is 7.22. The molecule has 0 fully saturated rings. The zero-order valence-electron chi connectivity index (χ0n) is 17.0. The lowest BCUT2D eigenvalue weighted by atomic mass is 10.0. The minimum absolute atomic E-state index is 0.171. The van der Waals surface area contributed by atoms with Gasteiger partial charge in [0.2, 0.25) is 0 Å². The fourth-order valence-electron chi connectivity index (χ4n) is 3.17. The van der Waals surface area contributed by atoms with Crippen molar-refractivity contribution in [2.75, 3.05) is 12.4 Å². The number of aromatic nitrogens is 3. The molecule has 7 heteroatoms. The summed E-state index contributed by atoms with van der Waals surface area (Å²) < 4.78 is 1.70. The van der Waals surface area contributed by atoms with Crippen LogP contribution in [0.15, 0.2) is 24.3 Å². The highest BCUT2D eigenvalue weighted by atomic mass is 16.2. The van der Waals surface area contributed by atoms with E-state index in [1.807, 2.05) is 46.9 Å². The Morgan fingerprint density at radius 1 is 1.11 bits per heavy atom. The van der Waals surface area contributed by atoms with Gasteiger partial charge in [-0.05, 0) is 43.5 Å². The van der Waals surface area contributed by atoms with Crippen LogP contribution in [0, 0.1) is 13.8 Å². The summed E-state index contributed by atoms with van der Waals surface area (Å²) >= 11 is 0. The lowest BCUT2D eigenvalue weighted by molar-refractivity contribution is 0.0961. The lowest BCUT2D eigenvalue weighted by Crippen LogP contribution is -2.19. The fraction of sp³-hybridized carbons (Fsp3) is 0.333. The molecule has 0 saturated heterocycles. The molecule has 7 nitrogen and oxygen atoms in total. The van der Waals surface area contributed by atoms with Gasteiger partial charge >= 0.3 is 0 Å². The SMILES string of the molecule is CNC(=O)c1ccc(C)c(NC(=O)c2cc(C(C)C)nc3c2c(C)nn3C)c1. The van der Waals surface area contributed by atoms with Gasteiger partial charge in [-0.3, -0.25) is 14.3 Å². The van der Waals surface area contributed by atoms with Gasteiger partial charge in [0.25, 0.3) is 11.8 Å². The Labute approximate surface area is 164 Å². The number of fused-ring (bicyclic) bond motifs is 1. The zero-order valence-corrected chi connectivity index (χ0v) is 17.0. The summed E-state index contributed by atoms with van der Waals surface area (Å²) in [7, 11) is 3.40. The molecule has 0 saturated carbocycles. The van der Waals surface area contributed by atoms with Crippen LogP contribution < -0.4 is 10.6 Å². The van der Waals surface area contributed by atoms with E-state index >= 15 is 0 Å². The summed E-state index contributed by atoms with van der Waals surface area (Å²) in [4.78, 5) is 29.8. The van der Waals surface area contributed by atoms with Gasteiger partial charge in [-0.1, -0.05) is 19.9 Å². The lowest BCUT2D eigenvalue weighted by Gasteiger charge is -2.13. The zero-order chi connectivity index (χ0) is 20.6. The molecule has 2 amide bonds. The van der Waals surface area contributed by atoms with E-state index in [1.54, 1.807) is 23.9 Å². The van der Waals surface area contributed by atoms with Crippen LogP contribution >= 0.6 is 0 Å². The molecule has 3 rings (SSSR count). The molecule has 146 valence electrons.